The third-order valence-corrected chi connectivity index (χ3v) is 2.57. The van der Waals surface area contributed by atoms with Crippen LogP contribution >= 0.6 is 0 Å². The molecule has 0 bridgehead atoms. The first-order valence-electron chi connectivity index (χ1n) is 4.47. The second kappa shape index (κ2) is 3.11. The molecule has 1 rings (SSSR count). The van der Waals surface area contributed by atoms with Crippen LogP contribution in [0.1, 0.15) is 27.7 Å². The van der Waals surface area contributed by atoms with Gasteiger partial charge in [-0.1, -0.05) is 20.8 Å². The van der Waals surface area contributed by atoms with E-state index in [0.29, 0.717) is 11.6 Å². The van der Waals surface area contributed by atoms with Gasteiger partial charge in [0.2, 0.25) is 0 Å². The monoisotopic (exact) mass is 156 g/mol. The normalized spacial score (nSPS) is 33.8. The van der Waals surface area contributed by atoms with E-state index in [-0.39, 0.29) is 0 Å². The Hall–Kier alpha value is -0.0800. The summed E-state index contributed by atoms with van der Waals surface area (Å²) >= 11 is 0. The lowest BCUT2D eigenvalue weighted by atomic mass is 9.80. The van der Waals surface area contributed by atoms with Gasteiger partial charge in [-0.3, -0.25) is 0 Å². The van der Waals surface area contributed by atoms with E-state index in [1.165, 1.54) is 0 Å². The first kappa shape index (κ1) is 9.01. The molecule has 1 heterocycles. The van der Waals surface area contributed by atoms with E-state index in [2.05, 4.69) is 38.3 Å². The molecule has 0 atom stereocenters. The largest absolute Gasteiger partial charge is 0.302 e. The molecule has 2 heteroatoms. The standard InChI is InChI=1S/C9H20N2/c1-7-10-5-8(6-11-7)9(2,3)4/h7-8,10-11H,5-6H2,1-4H3. The van der Waals surface area contributed by atoms with Crippen molar-refractivity contribution in [2.75, 3.05) is 13.1 Å². The predicted molar refractivity (Wildman–Crippen MR) is 48.4 cm³/mol. The number of hydrogen-bond acceptors (Lipinski definition) is 2. The molecule has 0 spiro atoms. The van der Waals surface area contributed by atoms with Crippen molar-refractivity contribution in [2.24, 2.45) is 11.3 Å². The van der Waals surface area contributed by atoms with Crippen LogP contribution in [0.25, 0.3) is 0 Å². The summed E-state index contributed by atoms with van der Waals surface area (Å²) in [7, 11) is 0. The Bertz CT molecular complexity index is 118. The highest BCUT2D eigenvalue weighted by Crippen LogP contribution is 2.25. The molecule has 0 radical (unpaired) electrons. The zero-order chi connectivity index (χ0) is 8.48. The molecule has 0 aromatic heterocycles. The summed E-state index contributed by atoms with van der Waals surface area (Å²) < 4.78 is 0. The zero-order valence-corrected chi connectivity index (χ0v) is 8.07. The van der Waals surface area contributed by atoms with Gasteiger partial charge in [0.1, 0.15) is 0 Å². The highest BCUT2D eigenvalue weighted by molar-refractivity contribution is 4.82. The fraction of sp³-hybridized carbons (Fsp3) is 1.00. The SMILES string of the molecule is CC1NCC(C(C)(C)C)CN1. The molecule has 2 nitrogen and oxygen atoms in total. The maximum Gasteiger partial charge on any atom is 0.0542 e. The van der Waals surface area contributed by atoms with Gasteiger partial charge >= 0.3 is 0 Å². The van der Waals surface area contributed by atoms with E-state index in [9.17, 15) is 0 Å². The quantitative estimate of drug-likeness (QED) is 0.550. The van der Waals surface area contributed by atoms with E-state index in [4.69, 9.17) is 0 Å². The Balaban J connectivity index is 2.39. The maximum atomic E-state index is 3.43. The molecule has 1 saturated heterocycles. The molecule has 0 unspecified atom stereocenters. The highest BCUT2D eigenvalue weighted by atomic mass is 15.1. The third-order valence-electron chi connectivity index (χ3n) is 2.57. The third kappa shape index (κ3) is 2.46. The Labute approximate surface area is 69.8 Å². The number of rotatable bonds is 0. The van der Waals surface area contributed by atoms with Crippen LogP contribution in [-0.2, 0) is 0 Å². The van der Waals surface area contributed by atoms with Gasteiger partial charge in [0.25, 0.3) is 0 Å². The first-order chi connectivity index (χ1) is 5.00. The zero-order valence-electron chi connectivity index (χ0n) is 8.07. The van der Waals surface area contributed by atoms with Crippen molar-refractivity contribution in [1.82, 2.24) is 10.6 Å². The van der Waals surface area contributed by atoms with Gasteiger partial charge in [0, 0.05) is 13.1 Å². The molecule has 0 amide bonds. The van der Waals surface area contributed by atoms with Crippen LogP contribution in [0, 0.1) is 11.3 Å². The predicted octanol–water partition coefficient (Wildman–Crippen LogP) is 1.19. The smallest absolute Gasteiger partial charge is 0.0542 e. The van der Waals surface area contributed by atoms with Crippen LogP contribution in [0.15, 0.2) is 0 Å². The van der Waals surface area contributed by atoms with Crippen molar-refractivity contribution in [3.8, 4) is 0 Å². The molecule has 0 aliphatic carbocycles. The van der Waals surface area contributed by atoms with Gasteiger partial charge < -0.3 is 10.6 Å². The molecule has 1 aliphatic rings. The minimum Gasteiger partial charge on any atom is -0.302 e. The van der Waals surface area contributed by atoms with Crippen LogP contribution < -0.4 is 10.6 Å². The van der Waals surface area contributed by atoms with Crippen molar-refractivity contribution in [2.45, 2.75) is 33.9 Å². The molecular weight excluding hydrogens is 136 g/mol. The summed E-state index contributed by atoms with van der Waals surface area (Å²) in [5.74, 6) is 0.763. The Kier molecular flexibility index (Phi) is 2.55. The van der Waals surface area contributed by atoms with Crippen molar-refractivity contribution >= 4 is 0 Å². The molecule has 2 N–H and O–H groups in total. The highest BCUT2D eigenvalue weighted by Gasteiger charge is 2.27. The summed E-state index contributed by atoms with van der Waals surface area (Å²) in [5, 5.41) is 6.85. The lowest BCUT2D eigenvalue weighted by Gasteiger charge is -2.37. The topological polar surface area (TPSA) is 24.1 Å². The Morgan fingerprint density at radius 1 is 1.09 bits per heavy atom. The van der Waals surface area contributed by atoms with Crippen LogP contribution in [0.2, 0.25) is 0 Å². The lowest BCUT2D eigenvalue weighted by molar-refractivity contribution is 0.177. The van der Waals surface area contributed by atoms with Crippen molar-refractivity contribution < 1.29 is 0 Å². The van der Waals surface area contributed by atoms with E-state index < -0.39 is 0 Å². The lowest BCUT2D eigenvalue weighted by Crippen LogP contribution is -2.54. The summed E-state index contributed by atoms with van der Waals surface area (Å²) in [6, 6.07) is 0. The summed E-state index contributed by atoms with van der Waals surface area (Å²) in [5.41, 5.74) is 0.431. The second-order valence-electron chi connectivity index (χ2n) is 4.60. The number of nitrogens with one attached hydrogen (secondary N) is 2. The fourth-order valence-corrected chi connectivity index (χ4v) is 1.39. The molecule has 0 aromatic rings. The van der Waals surface area contributed by atoms with Crippen LogP contribution in [0.5, 0.6) is 0 Å². The molecule has 66 valence electrons. The van der Waals surface area contributed by atoms with Crippen LogP contribution in [0.3, 0.4) is 0 Å². The molecular formula is C9H20N2. The van der Waals surface area contributed by atoms with Gasteiger partial charge in [0.15, 0.2) is 0 Å². The number of hydrogen-bond donors (Lipinski definition) is 2. The average Bonchev–Trinajstić information content (AvgIpc) is 1.86. The summed E-state index contributed by atoms with van der Waals surface area (Å²) in [4.78, 5) is 0. The first-order valence-corrected chi connectivity index (χ1v) is 4.47. The molecule has 0 saturated carbocycles. The van der Waals surface area contributed by atoms with E-state index in [1.807, 2.05) is 0 Å². The minimum absolute atomic E-state index is 0.431. The van der Waals surface area contributed by atoms with E-state index in [0.717, 1.165) is 19.0 Å². The van der Waals surface area contributed by atoms with Gasteiger partial charge in [0.05, 0.1) is 6.17 Å². The van der Waals surface area contributed by atoms with Crippen molar-refractivity contribution in [3.05, 3.63) is 0 Å². The van der Waals surface area contributed by atoms with Crippen molar-refractivity contribution in [1.29, 1.82) is 0 Å². The Morgan fingerprint density at radius 2 is 1.55 bits per heavy atom. The van der Waals surface area contributed by atoms with Crippen LogP contribution in [0.4, 0.5) is 0 Å². The second-order valence-corrected chi connectivity index (χ2v) is 4.60. The van der Waals surface area contributed by atoms with E-state index in [1.54, 1.807) is 0 Å². The summed E-state index contributed by atoms with van der Waals surface area (Å²) in [6.45, 7) is 11.4. The van der Waals surface area contributed by atoms with Gasteiger partial charge in [-0.05, 0) is 18.3 Å². The van der Waals surface area contributed by atoms with E-state index >= 15 is 0 Å². The molecule has 1 fully saturated rings. The minimum atomic E-state index is 0.431. The van der Waals surface area contributed by atoms with Gasteiger partial charge in [-0.15, -0.1) is 0 Å². The molecule has 11 heavy (non-hydrogen) atoms. The maximum absolute atomic E-state index is 3.43. The average molecular weight is 156 g/mol. The fourth-order valence-electron chi connectivity index (χ4n) is 1.39. The Morgan fingerprint density at radius 3 is 1.91 bits per heavy atom. The molecule has 1 aliphatic heterocycles. The van der Waals surface area contributed by atoms with Crippen molar-refractivity contribution in [3.63, 3.8) is 0 Å². The molecule has 0 aromatic carbocycles. The van der Waals surface area contributed by atoms with Crippen LogP contribution in [-0.4, -0.2) is 19.3 Å². The summed E-state index contributed by atoms with van der Waals surface area (Å²) in [6.07, 6.45) is 0.494. The van der Waals surface area contributed by atoms with Gasteiger partial charge in [-0.25, -0.2) is 0 Å². The van der Waals surface area contributed by atoms with Gasteiger partial charge in [-0.2, -0.15) is 0 Å².